The molecule has 25 heavy (non-hydrogen) atoms. The van der Waals surface area contributed by atoms with Gasteiger partial charge < -0.3 is 19.1 Å². The van der Waals surface area contributed by atoms with E-state index in [-0.39, 0.29) is 0 Å². The SMILES string of the molecule is C=Cc1cccc2c1Oc1c(C=C)cccc1N2CCOCCOC. The summed E-state index contributed by atoms with van der Waals surface area (Å²) >= 11 is 0. The first-order chi connectivity index (χ1) is 12.3. The van der Waals surface area contributed by atoms with Gasteiger partial charge >= 0.3 is 0 Å². The van der Waals surface area contributed by atoms with Gasteiger partial charge in [-0.25, -0.2) is 0 Å². The van der Waals surface area contributed by atoms with Crippen molar-refractivity contribution >= 4 is 23.5 Å². The van der Waals surface area contributed by atoms with E-state index in [9.17, 15) is 0 Å². The first-order valence-electron chi connectivity index (χ1n) is 8.33. The summed E-state index contributed by atoms with van der Waals surface area (Å²) in [4.78, 5) is 2.22. The van der Waals surface area contributed by atoms with Gasteiger partial charge in [-0.1, -0.05) is 49.6 Å². The van der Waals surface area contributed by atoms with Gasteiger partial charge in [0.1, 0.15) is 0 Å². The van der Waals surface area contributed by atoms with E-state index in [1.807, 2.05) is 36.4 Å². The summed E-state index contributed by atoms with van der Waals surface area (Å²) in [5.41, 5.74) is 3.96. The number of ether oxygens (including phenoxy) is 3. The van der Waals surface area contributed by atoms with E-state index >= 15 is 0 Å². The number of rotatable bonds is 8. The lowest BCUT2D eigenvalue weighted by Gasteiger charge is -2.34. The summed E-state index contributed by atoms with van der Waals surface area (Å²) in [6.07, 6.45) is 3.63. The van der Waals surface area contributed by atoms with E-state index in [4.69, 9.17) is 14.2 Å². The highest BCUT2D eigenvalue weighted by Gasteiger charge is 2.26. The molecule has 1 aliphatic heterocycles. The molecule has 0 bridgehead atoms. The third-order valence-electron chi connectivity index (χ3n) is 4.17. The second-order valence-electron chi connectivity index (χ2n) is 5.66. The highest BCUT2D eigenvalue weighted by atomic mass is 16.5. The Labute approximate surface area is 148 Å². The molecule has 0 aromatic heterocycles. The second kappa shape index (κ2) is 8.01. The quantitative estimate of drug-likeness (QED) is 0.643. The molecule has 0 atom stereocenters. The molecule has 2 aromatic carbocycles. The van der Waals surface area contributed by atoms with Crippen LogP contribution in [0, 0.1) is 0 Å². The van der Waals surface area contributed by atoms with Gasteiger partial charge in [0.15, 0.2) is 11.5 Å². The molecule has 0 fully saturated rings. The van der Waals surface area contributed by atoms with Crippen LogP contribution in [0.1, 0.15) is 11.1 Å². The Kier molecular flexibility index (Phi) is 5.53. The third-order valence-corrected chi connectivity index (χ3v) is 4.17. The molecule has 0 unspecified atom stereocenters. The zero-order valence-corrected chi connectivity index (χ0v) is 14.5. The molecule has 0 N–H and O–H groups in total. The van der Waals surface area contributed by atoms with Gasteiger partial charge in [0.25, 0.3) is 0 Å². The summed E-state index contributed by atoms with van der Waals surface area (Å²) in [5.74, 6) is 1.63. The minimum absolute atomic E-state index is 0.583. The van der Waals surface area contributed by atoms with Gasteiger partial charge in [-0.2, -0.15) is 0 Å². The van der Waals surface area contributed by atoms with E-state index in [0.29, 0.717) is 26.4 Å². The highest BCUT2D eigenvalue weighted by molar-refractivity contribution is 5.84. The van der Waals surface area contributed by atoms with Crippen LogP contribution in [0.25, 0.3) is 12.2 Å². The van der Waals surface area contributed by atoms with Gasteiger partial charge in [0.05, 0.1) is 31.2 Å². The van der Waals surface area contributed by atoms with Crippen LogP contribution in [0.3, 0.4) is 0 Å². The molecule has 1 heterocycles. The van der Waals surface area contributed by atoms with Crippen molar-refractivity contribution in [3.63, 3.8) is 0 Å². The van der Waals surface area contributed by atoms with Crippen LogP contribution in [0.15, 0.2) is 49.6 Å². The standard InChI is InChI=1S/C21H23NO3/c1-4-16-8-6-10-18-20(16)25-21-17(5-2)9-7-11-19(21)22(18)12-13-24-15-14-23-3/h4-11H,1-2,12-15H2,3H3. The van der Waals surface area contributed by atoms with Crippen LogP contribution < -0.4 is 9.64 Å². The third kappa shape index (κ3) is 3.45. The minimum atomic E-state index is 0.583. The number of para-hydroxylation sites is 2. The summed E-state index contributed by atoms with van der Waals surface area (Å²) < 4.78 is 17.0. The second-order valence-corrected chi connectivity index (χ2v) is 5.66. The molecule has 0 spiro atoms. The van der Waals surface area contributed by atoms with E-state index in [1.165, 1.54) is 0 Å². The number of benzene rings is 2. The Balaban J connectivity index is 1.96. The molecule has 4 heteroatoms. The molecule has 0 radical (unpaired) electrons. The molecule has 1 aliphatic rings. The maximum Gasteiger partial charge on any atom is 0.158 e. The fourth-order valence-electron chi connectivity index (χ4n) is 2.93. The average molecular weight is 337 g/mol. The van der Waals surface area contributed by atoms with Crippen LogP contribution in [0.2, 0.25) is 0 Å². The average Bonchev–Trinajstić information content (AvgIpc) is 2.66. The topological polar surface area (TPSA) is 30.9 Å². The zero-order valence-electron chi connectivity index (χ0n) is 14.5. The lowest BCUT2D eigenvalue weighted by atomic mass is 10.1. The van der Waals surface area contributed by atoms with Crippen molar-refractivity contribution in [3.05, 3.63) is 60.7 Å². The lowest BCUT2D eigenvalue weighted by molar-refractivity contribution is 0.0746. The maximum absolute atomic E-state index is 6.25. The van der Waals surface area contributed by atoms with Crippen LogP contribution >= 0.6 is 0 Å². The smallest absolute Gasteiger partial charge is 0.158 e. The number of anilines is 2. The summed E-state index contributed by atoms with van der Waals surface area (Å²) in [5, 5.41) is 0. The lowest BCUT2D eigenvalue weighted by Crippen LogP contribution is -2.26. The largest absolute Gasteiger partial charge is 0.452 e. The zero-order chi connectivity index (χ0) is 17.6. The first kappa shape index (κ1) is 17.3. The molecule has 0 amide bonds. The molecule has 0 saturated carbocycles. The van der Waals surface area contributed by atoms with E-state index in [1.54, 1.807) is 7.11 Å². The summed E-state index contributed by atoms with van der Waals surface area (Å²) in [7, 11) is 1.67. The Hall–Kier alpha value is -2.56. The molecule has 130 valence electrons. The fourth-order valence-corrected chi connectivity index (χ4v) is 2.93. The predicted octanol–water partition coefficient (Wildman–Crippen LogP) is 4.88. The van der Waals surface area contributed by atoms with Gasteiger partial charge in [-0.05, 0) is 12.1 Å². The van der Waals surface area contributed by atoms with Crippen molar-refractivity contribution in [2.45, 2.75) is 0 Å². The van der Waals surface area contributed by atoms with Crippen molar-refractivity contribution in [2.24, 2.45) is 0 Å². The number of fused-ring (bicyclic) bond motifs is 2. The van der Waals surface area contributed by atoms with Crippen LogP contribution in [-0.4, -0.2) is 33.5 Å². The van der Waals surface area contributed by atoms with Crippen LogP contribution in [0.5, 0.6) is 11.5 Å². The molecule has 2 aromatic rings. The van der Waals surface area contributed by atoms with Crippen LogP contribution in [0.4, 0.5) is 11.4 Å². The number of hydrogen-bond donors (Lipinski definition) is 0. The number of hydrogen-bond acceptors (Lipinski definition) is 4. The Morgan fingerprint density at radius 1 is 0.920 bits per heavy atom. The van der Waals surface area contributed by atoms with Gasteiger partial charge in [0, 0.05) is 24.8 Å². The van der Waals surface area contributed by atoms with Gasteiger partial charge in [-0.3, -0.25) is 0 Å². The molecule has 0 aliphatic carbocycles. The molecular weight excluding hydrogens is 314 g/mol. The normalized spacial score (nSPS) is 12.1. The number of methoxy groups -OCH3 is 1. The summed E-state index contributed by atoms with van der Waals surface area (Å²) in [6, 6.07) is 12.1. The van der Waals surface area contributed by atoms with Crippen molar-refractivity contribution in [1.82, 2.24) is 0 Å². The minimum Gasteiger partial charge on any atom is -0.452 e. The Bertz CT molecular complexity index is 712. The number of nitrogens with zero attached hydrogens (tertiary/aromatic N) is 1. The fraction of sp³-hybridized carbons (Fsp3) is 0.238. The van der Waals surface area contributed by atoms with Crippen molar-refractivity contribution < 1.29 is 14.2 Å². The van der Waals surface area contributed by atoms with Gasteiger partial charge in [0.2, 0.25) is 0 Å². The molecule has 4 nitrogen and oxygen atoms in total. The van der Waals surface area contributed by atoms with Gasteiger partial charge in [-0.15, -0.1) is 0 Å². The van der Waals surface area contributed by atoms with Crippen molar-refractivity contribution in [1.29, 1.82) is 0 Å². The van der Waals surface area contributed by atoms with Crippen molar-refractivity contribution in [2.75, 3.05) is 38.4 Å². The predicted molar refractivity (Wildman–Crippen MR) is 103 cm³/mol. The molecule has 3 rings (SSSR count). The maximum atomic E-state index is 6.25. The summed E-state index contributed by atoms with van der Waals surface area (Å²) in [6.45, 7) is 10.3. The molecular formula is C21H23NO3. The van der Waals surface area contributed by atoms with Crippen molar-refractivity contribution in [3.8, 4) is 11.5 Å². The van der Waals surface area contributed by atoms with Crippen LogP contribution in [-0.2, 0) is 9.47 Å². The first-order valence-corrected chi connectivity index (χ1v) is 8.33. The molecule has 0 saturated heterocycles. The monoisotopic (exact) mass is 337 g/mol. The van der Waals surface area contributed by atoms with E-state index in [0.717, 1.165) is 34.0 Å². The Morgan fingerprint density at radius 2 is 1.52 bits per heavy atom. The highest BCUT2D eigenvalue weighted by Crippen LogP contribution is 2.49. The Morgan fingerprint density at radius 3 is 2.04 bits per heavy atom. The van der Waals surface area contributed by atoms with E-state index < -0.39 is 0 Å². The van der Waals surface area contributed by atoms with E-state index in [2.05, 4.69) is 30.2 Å².